The van der Waals surface area contributed by atoms with Crippen molar-refractivity contribution in [3.8, 4) is 22.9 Å². The molecule has 2 aliphatic rings. The Labute approximate surface area is 186 Å². The fraction of sp³-hybridized carbons (Fsp3) is 0.409. The smallest absolute Gasteiger partial charge is 0.138 e. The van der Waals surface area contributed by atoms with Gasteiger partial charge in [-0.1, -0.05) is 0 Å². The Morgan fingerprint density at radius 3 is 2.65 bits per heavy atom. The highest BCUT2D eigenvalue weighted by molar-refractivity contribution is 5.85. The van der Waals surface area contributed by atoms with Crippen LogP contribution in [-0.2, 0) is 0 Å². The SMILES string of the molecule is CC(C)(O)COc1cc(-c2ccc(N3C[C@@H]4[C@H](N)[C@@H]4C3)nc2)c2c(C#N)cnn2c1.Cl. The molecule has 3 aromatic rings. The van der Waals surface area contributed by atoms with Gasteiger partial charge in [-0.05, 0) is 43.9 Å². The van der Waals surface area contributed by atoms with Crippen LogP contribution in [0.25, 0.3) is 16.6 Å². The van der Waals surface area contributed by atoms with E-state index in [1.54, 1.807) is 30.8 Å². The average molecular weight is 441 g/mol. The van der Waals surface area contributed by atoms with Crippen molar-refractivity contribution in [1.82, 2.24) is 14.6 Å². The van der Waals surface area contributed by atoms with Crippen LogP contribution in [0.3, 0.4) is 0 Å². The third-order valence-corrected chi connectivity index (χ3v) is 5.94. The van der Waals surface area contributed by atoms with Gasteiger partial charge in [0.05, 0.1) is 29.1 Å². The van der Waals surface area contributed by atoms with E-state index in [1.165, 1.54) is 0 Å². The summed E-state index contributed by atoms with van der Waals surface area (Å²) < 4.78 is 7.42. The Bertz CT molecular complexity index is 1140. The van der Waals surface area contributed by atoms with Crippen molar-refractivity contribution < 1.29 is 9.84 Å². The lowest BCUT2D eigenvalue weighted by molar-refractivity contribution is 0.0283. The lowest BCUT2D eigenvalue weighted by Crippen LogP contribution is -2.28. The minimum atomic E-state index is -0.959. The first-order chi connectivity index (χ1) is 14.3. The van der Waals surface area contributed by atoms with Crippen molar-refractivity contribution in [2.24, 2.45) is 17.6 Å². The van der Waals surface area contributed by atoms with Crippen LogP contribution < -0.4 is 15.4 Å². The van der Waals surface area contributed by atoms with Crippen LogP contribution in [0.4, 0.5) is 5.82 Å². The first-order valence-electron chi connectivity index (χ1n) is 10.1. The molecule has 9 heteroatoms. The normalized spacial score (nSPS) is 22.0. The Morgan fingerprint density at radius 1 is 1.29 bits per heavy atom. The van der Waals surface area contributed by atoms with Crippen LogP contribution in [0.5, 0.6) is 5.75 Å². The highest BCUT2D eigenvalue weighted by Gasteiger charge is 2.53. The number of nitrogens with two attached hydrogens (primary N) is 1. The van der Waals surface area contributed by atoms with Gasteiger partial charge in [0.1, 0.15) is 24.2 Å². The number of nitrogens with zero attached hydrogens (tertiary/aromatic N) is 5. The summed E-state index contributed by atoms with van der Waals surface area (Å²) in [7, 11) is 0. The van der Waals surface area contributed by atoms with Gasteiger partial charge in [0.2, 0.25) is 0 Å². The summed E-state index contributed by atoms with van der Waals surface area (Å²) in [5.41, 5.74) is 7.95. The number of rotatable bonds is 5. The lowest BCUT2D eigenvalue weighted by atomic mass is 10.1. The number of halogens is 1. The number of anilines is 1. The molecule has 1 saturated carbocycles. The highest BCUT2D eigenvalue weighted by Crippen LogP contribution is 2.45. The van der Waals surface area contributed by atoms with Gasteiger partial charge in [-0.25, -0.2) is 9.50 Å². The first-order valence-corrected chi connectivity index (χ1v) is 10.1. The number of hydrogen-bond donors (Lipinski definition) is 2. The Balaban J connectivity index is 0.00000231. The first kappa shape index (κ1) is 21.4. The maximum absolute atomic E-state index is 9.98. The van der Waals surface area contributed by atoms with Crippen LogP contribution in [0.1, 0.15) is 19.4 Å². The van der Waals surface area contributed by atoms with Crippen molar-refractivity contribution in [2.75, 3.05) is 24.6 Å². The molecule has 162 valence electrons. The fourth-order valence-electron chi connectivity index (χ4n) is 4.23. The molecule has 3 N–H and O–H groups in total. The molecule has 0 bridgehead atoms. The molecule has 8 nitrogen and oxygen atoms in total. The maximum Gasteiger partial charge on any atom is 0.138 e. The molecule has 1 aliphatic heterocycles. The summed E-state index contributed by atoms with van der Waals surface area (Å²) in [6.07, 6.45) is 5.08. The van der Waals surface area contributed by atoms with Gasteiger partial charge in [-0.15, -0.1) is 12.4 Å². The van der Waals surface area contributed by atoms with Crippen molar-refractivity contribution in [1.29, 1.82) is 5.26 Å². The fourth-order valence-corrected chi connectivity index (χ4v) is 4.23. The van der Waals surface area contributed by atoms with Gasteiger partial charge in [-0.2, -0.15) is 10.4 Å². The van der Waals surface area contributed by atoms with Crippen molar-refractivity contribution in [3.63, 3.8) is 0 Å². The third kappa shape index (κ3) is 3.92. The summed E-state index contributed by atoms with van der Waals surface area (Å²) in [5.74, 6) is 2.70. The molecular weight excluding hydrogens is 416 g/mol. The zero-order valence-corrected chi connectivity index (χ0v) is 18.2. The molecule has 2 fully saturated rings. The van der Waals surface area contributed by atoms with Gasteiger partial charge in [-0.3, -0.25) is 0 Å². The Hall–Kier alpha value is -2.86. The number of pyridine rings is 2. The minimum absolute atomic E-state index is 0. The largest absolute Gasteiger partial charge is 0.489 e. The molecule has 0 aromatic carbocycles. The van der Waals surface area contributed by atoms with E-state index in [0.717, 1.165) is 30.0 Å². The van der Waals surface area contributed by atoms with Crippen LogP contribution in [-0.4, -0.2) is 51.0 Å². The number of fused-ring (bicyclic) bond motifs is 2. The Morgan fingerprint density at radius 2 is 2.03 bits per heavy atom. The zero-order valence-electron chi connectivity index (χ0n) is 17.4. The van der Waals surface area contributed by atoms with Crippen LogP contribution in [0.15, 0.2) is 36.8 Å². The Kier molecular flexibility index (Phi) is 5.30. The van der Waals surface area contributed by atoms with E-state index in [0.29, 0.717) is 34.7 Å². The molecule has 0 unspecified atom stereocenters. The summed E-state index contributed by atoms with van der Waals surface area (Å²) in [6, 6.07) is 8.44. The summed E-state index contributed by atoms with van der Waals surface area (Å²) in [6.45, 7) is 5.44. The molecule has 5 rings (SSSR count). The lowest BCUT2D eigenvalue weighted by Gasteiger charge is -2.20. The van der Waals surface area contributed by atoms with Gasteiger partial charge < -0.3 is 20.5 Å². The topological polar surface area (TPSA) is 113 Å². The molecule has 31 heavy (non-hydrogen) atoms. The van der Waals surface area contributed by atoms with Crippen molar-refractivity contribution in [2.45, 2.75) is 25.5 Å². The van der Waals surface area contributed by atoms with Gasteiger partial charge in [0.15, 0.2) is 0 Å². The minimum Gasteiger partial charge on any atom is -0.489 e. The number of ether oxygens (including phenoxy) is 1. The maximum atomic E-state index is 9.98. The van der Waals surface area contributed by atoms with E-state index in [9.17, 15) is 10.4 Å². The van der Waals surface area contributed by atoms with Gasteiger partial charge >= 0.3 is 0 Å². The average Bonchev–Trinajstić information content (AvgIpc) is 3.10. The summed E-state index contributed by atoms with van der Waals surface area (Å²) >= 11 is 0. The summed E-state index contributed by atoms with van der Waals surface area (Å²) in [4.78, 5) is 6.95. The molecule has 4 heterocycles. The number of aliphatic hydroxyl groups is 1. The van der Waals surface area contributed by atoms with E-state index in [4.69, 9.17) is 10.5 Å². The monoisotopic (exact) mass is 440 g/mol. The third-order valence-electron chi connectivity index (χ3n) is 5.94. The molecule has 1 saturated heterocycles. The van der Waals surface area contributed by atoms with Crippen molar-refractivity contribution >= 4 is 23.7 Å². The van der Waals surface area contributed by atoms with Crippen molar-refractivity contribution in [3.05, 3.63) is 42.4 Å². The second-order valence-corrected chi connectivity index (χ2v) is 8.87. The van der Waals surface area contributed by atoms with E-state index >= 15 is 0 Å². The van der Waals surface area contributed by atoms with E-state index < -0.39 is 5.60 Å². The van der Waals surface area contributed by atoms with E-state index in [2.05, 4.69) is 21.1 Å². The molecule has 0 spiro atoms. The standard InChI is InChI=1S/C22H24N6O2.ClH/c1-22(2,29)12-30-15-5-16(21-14(6-23)8-26-28(21)9-15)13-3-4-19(25-7-13)27-10-17-18(11-27)20(17)24;/h3-5,7-9,17-18,20,29H,10-12,24H2,1-2H3;1H/t17-,18+,20-;. The molecule has 0 amide bonds. The molecule has 0 radical (unpaired) electrons. The number of hydrogen-bond acceptors (Lipinski definition) is 7. The number of nitriles is 1. The van der Waals surface area contributed by atoms with Gasteiger partial charge in [0, 0.05) is 36.5 Å². The van der Waals surface area contributed by atoms with E-state index in [1.807, 2.05) is 24.4 Å². The quantitative estimate of drug-likeness (QED) is 0.625. The molecule has 3 atom stereocenters. The number of piperidine rings is 1. The summed E-state index contributed by atoms with van der Waals surface area (Å²) in [5, 5.41) is 23.8. The highest BCUT2D eigenvalue weighted by atomic mass is 35.5. The molecular formula is C22H25ClN6O2. The number of aromatic nitrogens is 3. The second kappa shape index (κ2) is 7.68. The van der Waals surface area contributed by atoms with E-state index in [-0.39, 0.29) is 19.0 Å². The van der Waals surface area contributed by atoms with Crippen LogP contribution in [0.2, 0.25) is 0 Å². The predicted molar refractivity (Wildman–Crippen MR) is 119 cm³/mol. The van der Waals surface area contributed by atoms with Crippen LogP contribution in [0, 0.1) is 23.2 Å². The predicted octanol–water partition coefficient (Wildman–Crippen LogP) is 2.23. The molecule has 3 aromatic heterocycles. The second-order valence-electron chi connectivity index (χ2n) is 8.87. The zero-order chi connectivity index (χ0) is 21.0. The van der Waals surface area contributed by atoms with Gasteiger partial charge in [0.25, 0.3) is 0 Å². The van der Waals surface area contributed by atoms with Crippen LogP contribution >= 0.6 is 12.4 Å². The molecule has 1 aliphatic carbocycles.